The molecule has 3 aromatic rings. The van der Waals surface area contributed by atoms with E-state index in [9.17, 15) is 8.42 Å². The van der Waals surface area contributed by atoms with Gasteiger partial charge in [0.15, 0.2) is 0 Å². The number of sulfonamides is 1. The van der Waals surface area contributed by atoms with Crippen LogP contribution in [-0.4, -0.2) is 36.0 Å². The smallest absolute Gasteiger partial charge is 0.259 e. The summed E-state index contributed by atoms with van der Waals surface area (Å²) in [5, 5.41) is 6.34. The zero-order chi connectivity index (χ0) is 19.0. The summed E-state index contributed by atoms with van der Waals surface area (Å²) in [5.41, 5.74) is 1.39. The zero-order valence-electron chi connectivity index (χ0n) is 14.6. The minimum Gasteiger partial charge on any atom is -0.334 e. The Labute approximate surface area is 166 Å². The molecular weight excluding hydrogens is 406 g/mol. The normalized spacial score (nSPS) is 16.7. The molecule has 0 unspecified atom stereocenters. The standard InChI is InChI=1S/C18H18ClN3O3S2/c1-12-6-8-22(9-7-12)27(23,24)16-10-14(11-26-16)18-20-17(21-25-18)13-2-4-15(19)5-3-13/h2-5,10-12H,6-9H2,1H3. The van der Waals surface area contributed by atoms with Crippen LogP contribution in [0.15, 0.2) is 44.4 Å². The molecule has 0 saturated carbocycles. The molecule has 27 heavy (non-hydrogen) atoms. The maximum Gasteiger partial charge on any atom is 0.259 e. The highest BCUT2D eigenvalue weighted by Gasteiger charge is 2.29. The Kier molecular flexibility index (Phi) is 5.07. The molecular formula is C18H18ClN3O3S2. The van der Waals surface area contributed by atoms with Gasteiger partial charge in [-0.05, 0) is 49.1 Å². The van der Waals surface area contributed by atoms with Crippen molar-refractivity contribution in [3.8, 4) is 22.8 Å². The summed E-state index contributed by atoms with van der Waals surface area (Å²) < 4.78 is 32.9. The fourth-order valence-electron chi connectivity index (χ4n) is 2.97. The van der Waals surface area contributed by atoms with Gasteiger partial charge in [0.25, 0.3) is 15.9 Å². The fourth-order valence-corrected chi connectivity index (χ4v) is 5.88. The molecule has 142 valence electrons. The maximum absolute atomic E-state index is 12.9. The second kappa shape index (κ2) is 7.35. The van der Waals surface area contributed by atoms with Crippen molar-refractivity contribution < 1.29 is 12.9 Å². The van der Waals surface area contributed by atoms with Crippen molar-refractivity contribution >= 4 is 33.0 Å². The van der Waals surface area contributed by atoms with Gasteiger partial charge in [-0.1, -0.05) is 23.7 Å². The Balaban J connectivity index is 1.57. The van der Waals surface area contributed by atoms with Crippen LogP contribution in [0.4, 0.5) is 0 Å². The molecule has 0 radical (unpaired) electrons. The third kappa shape index (κ3) is 3.80. The third-order valence-corrected chi connectivity index (χ3v) is 8.25. The van der Waals surface area contributed by atoms with Crippen molar-refractivity contribution in [1.29, 1.82) is 0 Å². The van der Waals surface area contributed by atoms with Gasteiger partial charge in [-0.25, -0.2) is 8.42 Å². The first-order chi connectivity index (χ1) is 12.9. The van der Waals surface area contributed by atoms with Crippen LogP contribution in [0.25, 0.3) is 22.8 Å². The first-order valence-corrected chi connectivity index (χ1v) is 11.3. The van der Waals surface area contributed by atoms with E-state index in [2.05, 4.69) is 17.1 Å². The molecule has 1 fully saturated rings. The quantitative estimate of drug-likeness (QED) is 0.615. The van der Waals surface area contributed by atoms with E-state index >= 15 is 0 Å². The highest BCUT2D eigenvalue weighted by molar-refractivity contribution is 7.91. The average molecular weight is 424 g/mol. The van der Waals surface area contributed by atoms with Crippen LogP contribution in [0.2, 0.25) is 5.02 Å². The van der Waals surface area contributed by atoms with Crippen LogP contribution in [0.5, 0.6) is 0 Å². The Bertz CT molecular complexity index is 1040. The molecule has 0 bridgehead atoms. The molecule has 0 N–H and O–H groups in total. The molecule has 0 atom stereocenters. The predicted octanol–water partition coefficient (Wildman–Crippen LogP) is 4.54. The van der Waals surface area contributed by atoms with E-state index in [0.717, 1.165) is 18.4 Å². The number of piperidine rings is 1. The lowest BCUT2D eigenvalue weighted by molar-refractivity contribution is 0.288. The first kappa shape index (κ1) is 18.6. The molecule has 9 heteroatoms. The van der Waals surface area contributed by atoms with Gasteiger partial charge in [0, 0.05) is 29.1 Å². The van der Waals surface area contributed by atoms with Crippen molar-refractivity contribution in [3.63, 3.8) is 0 Å². The van der Waals surface area contributed by atoms with Crippen molar-refractivity contribution in [2.45, 2.75) is 24.0 Å². The number of benzene rings is 1. The summed E-state index contributed by atoms with van der Waals surface area (Å²) in [6.07, 6.45) is 1.79. The Morgan fingerprint density at radius 1 is 1.19 bits per heavy atom. The van der Waals surface area contributed by atoms with Crippen molar-refractivity contribution in [3.05, 3.63) is 40.7 Å². The van der Waals surface area contributed by atoms with E-state index in [-0.39, 0.29) is 0 Å². The Morgan fingerprint density at radius 3 is 2.59 bits per heavy atom. The molecule has 0 spiro atoms. The van der Waals surface area contributed by atoms with Crippen LogP contribution in [-0.2, 0) is 10.0 Å². The number of hydrogen-bond acceptors (Lipinski definition) is 6. The van der Waals surface area contributed by atoms with Gasteiger partial charge in [0.1, 0.15) is 4.21 Å². The SMILES string of the molecule is CC1CCN(S(=O)(=O)c2cc(-c3nc(-c4ccc(Cl)cc4)no3)cs2)CC1. The monoisotopic (exact) mass is 423 g/mol. The molecule has 0 amide bonds. The van der Waals surface area contributed by atoms with Gasteiger partial charge >= 0.3 is 0 Å². The van der Waals surface area contributed by atoms with Crippen molar-refractivity contribution in [2.75, 3.05) is 13.1 Å². The second-order valence-electron chi connectivity index (χ2n) is 6.67. The summed E-state index contributed by atoms with van der Waals surface area (Å²) in [5.74, 6) is 1.30. The third-order valence-electron chi connectivity index (χ3n) is 4.69. The number of aromatic nitrogens is 2. The molecule has 4 rings (SSSR count). The molecule has 1 aliphatic rings. The van der Waals surface area contributed by atoms with Gasteiger partial charge in [-0.3, -0.25) is 0 Å². The second-order valence-corrected chi connectivity index (χ2v) is 10.2. The van der Waals surface area contributed by atoms with E-state index in [1.807, 2.05) is 0 Å². The minimum absolute atomic E-state index is 0.296. The van der Waals surface area contributed by atoms with E-state index in [1.165, 1.54) is 11.3 Å². The number of halogens is 1. The summed E-state index contributed by atoms with van der Waals surface area (Å²) in [7, 11) is -3.48. The summed E-state index contributed by atoms with van der Waals surface area (Å²) in [6, 6.07) is 8.72. The lowest BCUT2D eigenvalue weighted by Crippen LogP contribution is -2.37. The maximum atomic E-state index is 12.9. The zero-order valence-corrected chi connectivity index (χ0v) is 17.0. The van der Waals surface area contributed by atoms with Crippen LogP contribution in [0.1, 0.15) is 19.8 Å². The van der Waals surface area contributed by atoms with Crippen LogP contribution in [0, 0.1) is 5.92 Å². The van der Waals surface area contributed by atoms with Crippen molar-refractivity contribution in [1.82, 2.24) is 14.4 Å². The van der Waals surface area contributed by atoms with Crippen LogP contribution >= 0.6 is 22.9 Å². The molecule has 0 aliphatic carbocycles. The number of hydrogen-bond donors (Lipinski definition) is 0. The molecule has 2 aromatic heterocycles. The van der Waals surface area contributed by atoms with Crippen LogP contribution < -0.4 is 0 Å². The average Bonchev–Trinajstić information content (AvgIpc) is 3.32. The molecule has 6 nitrogen and oxygen atoms in total. The number of nitrogens with zero attached hydrogens (tertiary/aromatic N) is 3. The van der Waals surface area contributed by atoms with E-state index < -0.39 is 10.0 Å². The Morgan fingerprint density at radius 2 is 1.89 bits per heavy atom. The number of rotatable bonds is 4. The molecule has 1 saturated heterocycles. The largest absolute Gasteiger partial charge is 0.334 e. The summed E-state index contributed by atoms with van der Waals surface area (Å²) in [6.45, 7) is 3.29. The predicted molar refractivity (Wildman–Crippen MR) is 105 cm³/mol. The first-order valence-electron chi connectivity index (χ1n) is 8.62. The van der Waals surface area contributed by atoms with Gasteiger partial charge in [-0.2, -0.15) is 9.29 Å². The topological polar surface area (TPSA) is 76.3 Å². The highest BCUT2D eigenvalue weighted by Crippen LogP contribution is 2.32. The molecule has 1 aliphatic heterocycles. The number of thiophene rings is 1. The Hall–Kier alpha value is -1.74. The van der Waals surface area contributed by atoms with Crippen LogP contribution in [0.3, 0.4) is 0 Å². The van der Waals surface area contributed by atoms with Gasteiger partial charge in [0.05, 0.1) is 5.56 Å². The van der Waals surface area contributed by atoms with Crippen molar-refractivity contribution in [2.24, 2.45) is 5.92 Å². The summed E-state index contributed by atoms with van der Waals surface area (Å²) >= 11 is 7.07. The van der Waals surface area contributed by atoms with E-state index in [0.29, 0.717) is 45.5 Å². The molecule has 3 heterocycles. The van der Waals surface area contributed by atoms with E-state index in [4.69, 9.17) is 16.1 Å². The lowest BCUT2D eigenvalue weighted by atomic mass is 10.0. The van der Waals surface area contributed by atoms with Gasteiger partial charge < -0.3 is 4.52 Å². The minimum atomic E-state index is -3.48. The lowest BCUT2D eigenvalue weighted by Gasteiger charge is -2.28. The fraction of sp³-hybridized carbons (Fsp3) is 0.333. The summed E-state index contributed by atoms with van der Waals surface area (Å²) in [4.78, 5) is 4.38. The van der Waals surface area contributed by atoms with E-state index in [1.54, 1.807) is 40.0 Å². The van der Waals surface area contributed by atoms with Gasteiger partial charge in [-0.15, -0.1) is 11.3 Å². The van der Waals surface area contributed by atoms with Gasteiger partial charge in [0.2, 0.25) is 5.82 Å². The molecule has 1 aromatic carbocycles. The highest BCUT2D eigenvalue weighted by atomic mass is 35.5.